The van der Waals surface area contributed by atoms with Crippen LogP contribution in [-0.4, -0.2) is 11.2 Å². The van der Waals surface area contributed by atoms with Crippen LogP contribution in [0.1, 0.15) is 23.6 Å². The second-order valence-corrected chi connectivity index (χ2v) is 4.05. The van der Waals surface area contributed by atoms with Crippen molar-refractivity contribution in [3.8, 4) is 0 Å². The molecule has 74 valence electrons. The highest BCUT2D eigenvalue weighted by Crippen LogP contribution is 2.30. The van der Waals surface area contributed by atoms with Crippen LogP contribution in [0, 0.1) is 0 Å². The molecule has 1 amide bonds. The molecular weight excluding hydrogens is 242 g/mol. The first-order valence-electron chi connectivity index (χ1n) is 4.74. The Labute approximate surface area is 91.8 Å². The smallest absolute Gasteiger partial charge is 0.231 e. The van der Waals surface area contributed by atoms with E-state index in [0.29, 0.717) is 5.33 Å². The molecule has 2 rings (SSSR count). The van der Waals surface area contributed by atoms with E-state index >= 15 is 0 Å². The number of fused-ring (bicyclic) bond motifs is 1. The Morgan fingerprint density at radius 1 is 1.50 bits per heavy atom. The van der Waals surface area contributed by atoms with Crippen molar-refractivity contribution in [2.45, 2.75) is 18.9 Å². The van der Waals surface area contributed by atoms with E-state index in [1.165, 1.54) is 11.1 Å². The molecule has 0 radical (unpaired) electrons. The summed E-state index contributed by atoms with van der Waals surface area (Å²) in [6.07, 6.45) is 2.10. The molecule has 0 spiro atoms. The normalized spacial score (nSPS) is 19.1. The lowest BCUT2D eigenvalue weighted by atomic mass is 10.1. The molecule has 0 aromatic heterocycles. The first-order chi connectivity index (χ1) is 6.81. The summed E-state index contributed by atoms with van der Waals surface area (Å²) >= 11 is 3.15. The van der Waals surface area contributed by atoms with Gasteiger partial charge >= 0.3 is 0 Å². The summed E-state index contributed by atoms with van der Waals surface area (Å²) in [5.74, 6) is 0.0618. The van der Waals surface area contributed by atoms with E-state index in [9.17, 15) is 4.79 Å². The van der Waals surface area contributed by atoms with Crippen molar-refractivity contribution in [1.29, 1.82) is 0 Å². The van der Waals surface area contributed by atoms with Gasteiger partial charge in [0.2, 0.25) is 5.91 Å². The van der Waals surface area contributed by atoms with Crippen LogP contribution in [0.15, 0.2) is 24.3 Å². The molecule has 1 aliphatic rings. The predicted molar refractivity (Wildman–Crippen MR) is 59.4 cm³/mol. The minimum absolute atomic E-state index is 0.0618. The molecule has 1 aliphatic carbocycles. The van der Waals surface area contributed by atoms with Crippen LogP contribution in [0.3, 0.4) is 0 Å². The number of hydrogen-bond donors (Lipinski definition) is 1. The lowest BCUT2D eigenvalue weighted by Gasteiger charge is -2.12. The van der Waals surface area contributed by atoms with Crippen molar-refractivity contribution < 1.29 is 4.79 Å². The minimum Gasteiger partial charge on any atom is -0.349 e. The second-order valence-electron chi connectivity index (χ2n) is 3.49. The third-order valence-electron chi connectivity index (χ3n) is 2.59. The Balaban J connectivity index is 2.14. The second kappa shape index (κ2) is 4.13. The first-order valence-corrected chi connectivity index (χ1v) is 5.86. The zero-order valence-electron chi connectivity index (χ0n) is 7.79. The molecule has 1 atom stereocenters. The molecule has 0 bridgehead atoms. The molecule has 0 aliphatic heterocycles. The summed E-state index contributed by atoms with van der Waals surface area (Å²) in [6.45, 7) is 0. The Kier molecular flexibility index (Phi) is 2.87. The number of carbonyl (C=O) groups is 1. The van der Waals surface area contributed by atoms with Gasteiger partial charge in [-0.1, -0.05) is 40.2 Å². The number of aryl methyl sites for hydroxylation is 1. The fraction of sp³-hybridized carbons (Fsp3) is 0.364. The monoisotopic (exact) mass is 253 g/mol. The molecule has 1 unspecified atom stereocenters. The number of alkyl halides is 1. The number of rotatable bonds is 2. The van der Waals surface area contributed by atoms with E-state index in [2.05, 4.69) is 33.4 Å². The fourth-order valence-corrected chi connectivity index (χ4v) is 2.10. The summed E-state index contributed by atoms with van der Waals surface area (Å²) in [6, 6.07) is 8.53. The molecular formula is C11H12BrNO. The Morgan fingerprint density at radius 3 is 3.07 bits per heavy atom. The molecule has 0 heterocycles. The average molecular weight is 254 g/mol. The molecule has 1 aromatic carbocycles. The highest BCUT2D eigenvalue weighted by Gasteiger charge is 2.22. The highest BCUT2D eigenvalue weighted by atomic mass is 79.9. The van der Waals surface area contributed by atoms with Crippen LogP contribution in [0.5, 0.6) is 0 Å². The zero-order valence-corrected chi connectivity index (χ0v) is 9.38. The van der Waals surface area contributed by atoms with Gasteiger partial charge in [-0.05, 0) is 24.0 Å². The van der Waals surface area contributed by atoms with Gasteiger partial charge < -0.3 is 5.32 Å². The number of hydrogen-bond acceptors (Lipinski definition) is 1. The summed E-state index contributed by atoms with van der Waals surface area (Å²) in [5, 5.41) is 3.38. The molecule has 0 fully saturated rings. The summed E-state index contributed by atoms with van der Waals surface area (Å²) < 4.78 is 0. The van der Waals surface area contributed by atoms with Gasteiger partial charge in [0.1, 0.15) is 0 Å². The summed E-state index contributed by atoms with van der Waals surface area (Å²) in [7, 11) is 0. The third kappa shape index (κ3) is 1.82. The van der Waals surface area contributed by atoms with Crippen molar-refractivity contribution in [2.75, 3.05) is 5.33 Å². The van der Waals surface area contributed by atoms with E-state index in [1.54, 1.807) is 0 Å². The van der Waals surface area contributed by atoms with Crippen LogP contribution in [0.25, 0.3) is 0 Å². The third-order valence-corrected chi connectivity index (χ3v) is 3.10. The Morgan fingerprint density at radius 2 is 2.29 bits per heavy atom. The van der Waals surface area contributed by atoms with Gasteiger partial charge in [-0.2, -0.15) is 0 Å². The largest absolute Gasteiger partial charge is 0.349 e. The van der Waals surface area contributed by atoms with Crippen molar-refractivity contribution in [1.82, 2.24) is 5.32 Å². The van der Waals surface area contributed by atoms with Crippen molar-refractivity contribution in [3.63, 3.8) is 0 Å². The molecule has 3 heteroatoms. The van der Waals surface area contributed by atoms with Crippen LogP contribution < -0.4 is 5.32 Å². The van der Waals surface area contributed by atoms with Gasteiger partial charge in [-0.25, -0.2) is 0 Å². The van der Waals surface area contributed by atoms with E-state index in [1.807, 2.05) is 12.1 Å². The van der Waals surface area contributed by atoms with Crippen molar-refractivity contribution >= 4 is 21.8 Å². The van der Waals surface area contributed by atoms with Gasteiger partial charge in [-0.3, -0.25) is 4.79 Å². The highest BCUT2D eigenvalue weighted by molar-refractivity contribution is 9.09. The molecule has 2 nitrogen and oxygen atoms in total. The van der Waals surface area contributed by atoms with Crippen molar-refractivity contribution in [2.24, 2.45) is 0 Å². The van der Waals surface area contributed by atoms with E-state index in [-0.39, 0.29) is 11.9 Å². The summed E-state index contributed by atoms with van der Waals surface area (Å²) in [4.78, 5) is 11.2. The minimum atomic E-state index is 0.0618. The SMILES string of the molecule is O=C(CBr)NC1CCc2ccccc21. The van der Waals surface area contributed by atoms with Crippen molar-refractivity contribution in [3.05, 3.63) is 35.4 Å². The summed E-state index contributed by atoms with van der Waals surface area (Å²) in [5.41, 5.74) is 2.65. The lowest BCUT2D eigenvalue weighted by Crippen LogP contribution is -2.27. The number of halogens is 1. The maximum atomic E-state index is 11.2. The van der Waals surface area contributed by atoms with Crippen LogP contribution >= 0.6 is 15.9 Å². The maximum absolute atomic E-state index is 11.2. The van der Waals surface area contributed by atoms with Crippen LogP contribution in [0.4, 0.5) is 0 Å². The van der Waals surface area contributed by atoms with E-state index in [0.717, 1.165) is 12.8 Å². The van der Waals surface area contributed by atoms with Gasteiger partial charge in [0.25, 0.3) is 0 Å². The number of carbonyl (C=O) groups excluding carboxylic acids is 1. The van der Waals surface area contributed by atoms with E-state index < -0.39 is 0 Å². The number of benzene rings is 1. The van der Waals surface area contributed by atoms with Gasteiger partial charge in [-0.15, -0.1) is 0 Å². The molecule has 14 heavy (non-hydrogen) atoms. The first kappa shape index (κ1) is 9.71. The Hall–Kier alpha value is -0.830. The standard InChI is InChI=1S/C11H12BrNO/c12-7-11(14)13-10-6-5-8-3-1-2-4-9(8)10/h1-4,10H,5-7H2,(H,13,14). The average Bonchev–Trinajstić information content (AvgIpc) is 2.62. The fourth-order valence-electron chi connectivity index (χ4n) is 1.94. The molecule has 1 N–H and O–H groups in total. The number of nitrogens with one attached hydrogen (secondary N) is 1. The van der Waals surface area contributed by atoms with Crippen LogP contribution in [0.2, 0.25) is 0 Å². The molecule has 0 saturated carbocycles. The van der Waals surface area contributed by atoms with Gasteiger partial charge in [0, 0.05) is 0 Å². The predicted octanol–water partition coefficient (Wildman–Crippen LogP) is 2.19. The quantitative estimate of drug-likeness (QED) is 0.805. The van der Waals surface area contributed by atoms with Gasteiger partial charge in [0.05, 0.1) is 11.4 Å². The van der Waals surface area contributed by atoms with Crippen LogP contribution in [-0.2, 0) is 11.2 Å². The van der Waals surface area contributed by atoms with Gasteiger partial charge in [0.15, 0.2) is 0 Å². The lowest BCUT2D eigenvalue weighted by molar-refractivity contribution is -0.119. The van der Waals surface area contributed by atoms with E-state index in [4.69, 9.17) is 0 Å². The molecule has 1 aromatic rings. The Bertz CT molecular complexity index is 351. The topological polar surface area (TPSA) is 29.1 Å². The number of amides is 1. The maximum Gasteiger partial charge on any atom is 0.231 e. The zero-order chi connectivity index (χ0) is 9.97. The molecule has 0 saturated heterocycles.